The first-order valence-electron chi connectivity index (χ1n) is 6.40. The van der Waals surface area contributed by atoms with Crippen LogP contribution in [-0.4, -0.2) is 21.1 Å². The van der Waals surface area contributed by atoms with Gasteiger partial charge < -0.3 is 5.32 Å². The topological polar surface area (TPSA) is 42.2 Å². The molecule has 5 heteroatoms. The van der Waals surface area contributed by atoms with Gasteiger partial charge in [0.05, 0.1) is 6.04 Å². The third-order valence-corrected chi connectivity index (χ3v) is 4.07. The van der Waals surface area contributed by atoms with E-state index < -0.39 is 0 Å². The Labute approximate surface area is 116 Å². The molecule has 0 aliphatic heterocycles. The average Bonchev–Trinajstić information content (AvgIpc) is 3.07. The summed E-state index contributed by atoms with van der Waals surface area (Å²) in [6.07, 6.45) is 3.06. The highest BCUT2D eigenvalue weighted by Gasteiger charge is 2.12. The van der Waals surface area contributed by atoms with Crippen LogP contribution in [0.5, 0.6) is 0 Å². The molecule has 0 aromatic carbocycles. The Morgan fingerprint density at radius 3 is 3.05 bits per heavy atom. The van der Waals surface area contributed by atoms with Gasteiger partial charge >= 0.3 is 0 Å². The molecular weight excluding hydrogens is 256 g/mol. The number of rotatable bonds is 5. The van der Waals surface area contributed by atoms with E-state index in [0.717, 1.165) is 24.4 Å². The highest BCUT2D eigenvalue weighted by molar-refractivity contribution is 7.09. The number of hydrogen-bond acceptors (Lipinski definition) is 4. The molecule has 0 aliphatic rings. The Morgan fingerprint density at radius 2 is 2.21 bits per heavy atom. The molecule has 3 aromatic rings. The van der Waals surface area contributed by atoms with Crippen molar-refractivity contribution in [2.24, 2.45) is 0 Å². The lowest BCUT2D eigenvalue weighted by Gasteiger charge is -2.11. The Bertz CT molecular complexity index is 644. The summed E-state index contributed by atoms with van der Waals surface area (Å²) in [5, 5.41) is 14.1. The van der Waals surface area contributed by atoms with Crippen molar-refractivity contribution in [2.45, 2.75) is 19.4 Å². The molecule has 4 nitrogen and oxygen atoms in total. The van der Waals surface area contributed by atoms with Crippen LogP contribution in [-0.2, 0) is 6.42 Å². The molecule has 0 saturated carbocycles. The van der Waals surface area contributed by atoms with E-state index >= 15 is 0 Å². The zero-order valence-corrected chi connectivity index (χ0v) is 11.6. The van der Waals surface area contributed by atoms with E-state index in [2.05, 4.69) is 40.0 Å². The highest BCUT2D eigenvalue weighted by atomic mass is 32.1. The smallest absolute Gasteiger partial charge is 0.160 e. The molecule has 3 rings (SSSR count). The van der Waals surface area contributed by atoms with E-state index in [9.17, 15) is 0 Å². The number of nitrogens with one attached hydrogen (secondary N) is 1. The van der Waals surface area contributed by atoms with Gasteiger partial charge in [-0.25, -0.2) is 0 Å². The van der Waals surface area contributed by atoms with Crippen LogP contribution in [0.3, 0.4) is 0 Å². The van der Waals surface area contributed by atoms with E-state index in [1.54, 1.807) is 11.3 Å². The van der Waals surface area contributed by atoms with Crippen LogP contribution in [0.4, 0.5) is 0 Å². The van der Waals surface area contributed by atoms with Crippen molar-refractivity contribution in [1.29, 1.82) is 0 Å². The lowest BCUT2D eigenvalue weighted by molar-refractivity contribution is 0.546. The van der Waals surface area contributed by atoms with Crippen LogP contribution in [0.2, 0.25) is 0 Å². The monoisotopic (exact) mass is 272 g/mol. The number of pyridine rings is 1. The summed E-state index contributed by atoms with van der Waals surface area (Å²) in [6, 6.07) is 10.4. The maximum Gasteiger partial charge on any atom is 0.160 e. The molecule has 3 heterocycles. The van der Waals surface area contributed by atoms with Crippen molar-refractivity contribution < 1.29 is 0 Å². The van der Waals surface area contributed by atoms with Crippen LogP contribution in [0, 0.1) is 0 Å². The molecule has 0 saturated heterocycles. The van der Waals surface area contributed by atoms with E-state index in [-0.39, 0.29) is 6.04 Å². The first kappa shape index (κ1) is 12.3. The van der Waals surface area contributed by atoms with E-state index in [0.29, 0.717) is 0 Å². The van der Waals surface area contributed by atoms with Crippen LogP contribution in [0.15, 0.2) is 41.9 Å². The molecule has 1 atom stereocenters. The van der Waals surface area contributed by atoms with Crippen LogP contribution < -0.4 is 5.32 Å². The fraction of sp³-hybridized carbons (Fsp3) is 0.286. The zero-order chi connectivity index (χ0) is 13.1. The molecule has 3 aromatic heterocycles. The van der Waals surface area contributed by atoms with Gasteiger partial charge in [0.25, 0.3) is 0 Å². The second-order valence-corrected chi connectivity index (χ2v) is 5.52. The lowest BCUT2D eigenvalue weighted by Crippen LogP contribution is -2.23. The number of nitrogens with zero attached hydrogens (tertiary/aromatic N) is 3. The minimum atomic E-state index is 0.192. The number of hydrogen-bond donors (Lipinski definition) is 1. The van der Waals surface area contributed by atoms with Gasteiger partial charge in [-0.05, 0) is 36.9 Å². The summed E-state index contributed by atoms with van der Waals surface area (Å²) < 4.78 is 2.03. The predicted octanol–water partition coefficient (Wildman–Crippen LogP) is 2.68. The van der Waals surface area contributed by atoms with Gasteiger partial charge in [0.2, 0.25) is 0 Å². The number of thiophene rings is 1. The molecule has 0 spiro atoms. The molecule has 0 amide bonds. The highest BCUT2D eigenvalue weighted by Crippen LogP contribution is 2.12. The number of fused-ring (bicyclic) bond motifs is 1. The van der Waals surface area contributed by atoms with Crippen molar-refractivity contribution in [1.82, 2.24) is 19.9 Å². The SMILES string of the molecule is CC(NCCc1cccs1)c1nnc2ccccn12. The van der Waals surface area contributed by atoms with Gasteiger partial charge in [0.1, 0.15) is 0 Å². The van der Waals surface area contributed by atoms with Gasteiger partial charge in [-0.3, -0.25) is 4.40 Å². The predicted molar refractivity (Wildman–Crippen MR) is 77.4 cm³/mol. The largest absolute Gasteiger partial charge is 0.307 e. The van der Waals surface area contributed by atoms with Crippen molar-refractivity contribution in [3.05, 3.63) is 52.6 Å². The van der Waals surface area contributed by atoms with Crippen LogP contribution in [0.25, 0.3) is 5.65 Å². The molecule has 19 heavy (non-hydrogen) atoms. The fourth-order valence-corrected chi connectivity index (χ4v) is 2.82. The Balaban J connectivity index is 1.65. The van der Waals surface area contributed by atoms with Crippen molar-refractivity contribution in [3.63, 3.8) is 0 Å². The number of aromatic nitrogens is 3. The maximum absolute atomic E-state index is 4.26. The lowest BCUT2D eigenvalue weighted by atomic mass is 10.3. The molecular formula is C14H16N4S. The second-order valence-electron chi connectivity index (χ2n) is 4.49. The summed E-state index contributed by atoms with van der Waals surface area (Å²) in [6.45, 7) is 3.07. The van der Waals surface area contributed by atoms with Crippen LogP contribution >= 0.6 is 11.3 Å². The third kappa shape index (κ3) is 2.67. The van der Waals surface area contributed by atoms with Crippen LogP contribution in [0.1, 0.15) is 23.7 Å². The fourth-order valence-electron chi connectivity index (χ4n) is 2.11. The Morgan fingerprint density at radius 1 is 1.26 bits per heavy atom. The summed E-state index contributed by atoms with van der Waals surface area (Å²) >= 11 is 1.80. The minimum absolute atomic E-state index is 0.192. The molecule has 0 fully saturated rings. The summed E-state index contributed by atoms with van der Waals surface area (Å²) in [7, 11) is 0. The van der Waals surface area contributed by atoms with Crippen molar-refractivity contribution in [2.75, 3.05) is 6.54 Å². The van der Waals surface area contributed by atoms with Gasteiger partial charge in [0, 0.05) is 17.6 Å². The van der Waals surface area contributed by atoms with E-state index in [1.165, 1.54) is 4.88 Å². The summed E-state index contributed by atoms with van der Waals surface area (Å²) in [5.41, 5.74) is 0.893. The van der Waals surface area contributed by atoms with E-state index in [1.807, 2.05) is 28.8 Å². The zero-order valence-electron chi connectivity index (χ0n) is 10.8. The summed E-state index contributed by atoms with van der Waals surface area (Å²) in [4.78, 5) is 1.41. The Kier molecular flexibility index (Phi) is 3.57. The van der Waals surface area contributed by atoms with Crippen molar-refractivity contribution in [3.8, 4) is 0 Å². The van der Waals surface area contributed by atoms with Gasteiger partial charge in [-0.2, -0.15) is 0 Å². The molecule has 0 bridgehead atoms. The second kappa shape index (κ2) is 5.50. The average molecular weight is 272 g/mol. The summed E-state index contributed by atoms with van der Waals surface area (Å²) in [5.74, 6) is 0.960. The van der Waals surface area contributed by atoms with Crippen molar-refractivity contribution >= 4 is 17.0 Å². The first-order valence-corrected chi connectivity index (χ1v) is 7.28. The minimum Gasteiger partial charge on any atom is -0.307 e. The molecule has 0 aliphatic carbocycles. The molecule has 1 N–H and O–H groups in total. The first-order chi connectivity index (χ1) is 9.34. The van der Waals surface area contributed by atoms with Gasteiger partial charge in [0.15, 0.2) is 11.5 Å². The quantitative estimate of drug-likeness (QED) is 0.776. The maximum atomic E-state index is 4.26. The Hall–Kier alpha value is -1.72. The third-order valence-electron chi connectivity index (χ3n) is 3.13. The molecule has 0 radical (unpaired) electrons. The van der Waals surface area contributed by atoms with E-state index in [4.69, 9.17) is 0 Å². The van der Waals surface area contributed by atoms with Gasteiger partial charge in [-0.15, -0.1) is 21.5 Å². The molecule has 98 valence electrons. The normalized spacial score (nSPS) is 12.9. The standard InChI is InChI=1S/C14H16N4S/c1-11(15-8-7-12-5-4-10-19-12)14-17-16-13-6-2-3-9-18(13)14/h2-6,9-11,15H,7-8H2,1H3. The molecule has 1 unspecified atom stereocenters. The van der Waals surface area contributed by atoms with Gasteiger partial charge in [-0.1, -0.05) is 12.1 Å².